The van der Waals surface area contributed by atoms with E-state index < -0.39 is 6.10 Å². The minimum atomic E-state index is -0.825. The number of para-hydroxylation sites is 1. The van der Waals surface area contributed by atoms with E-state index in [4.69, 9.17) is 14.2 Å². The molecule has 0 aliphatic heterocycles. The van der Waals surface area contributed by atoms with E-state index in [9.17, 15) is 5.11 Å². The smallest absolute Gasteiger partial charge is 0.188 e. The fraction of sp³-hybridized carbons (Fsp3) is 0.294. The van der Waals surface area contributed by atoms with Gasteiger partial charge in [0, 0.05) is 18.2 Å². The summed E-state index contributed by atoms with van der Waals surface area (Å²) in [5.41, 5.74) is 2.46. The maximum absolute atomic E-state index is 10.7. The van der Waals surface area contributed by atoms with Gasteiger partial charge in [0.1, 0.15) is 17.6 Å². The lowest BCUT2D eigenvalue weighted by Crippen LogP contribution is -2.07. The van der Waals surface area contributed by atoms with Crippen LogP contribution in [-0.4, -0.2) is 26.1 Å². The third kappa shape index (κ3) is 3.54. The second kappa shape index (κ2) is 7.11. The summed E-state index contributed by atoms with van der Waals surface area (Å²) in [5.74, 6) is 1.25. The van der Waals surface area contributed by atoms with Crippen LogP contribution in [0, 0.1) is 6.92 Å². The first-order valence-corrected chi connectivity index (χ1v) is 6.70. The Labute approximate surface area is 124 Å². The van der Waals surface area contributed by atoms with Crippen molar-refractivity contribution < 1.29 is 19.3 Å². The van der Waals surface area contributed by atoms with Crippen LogP contribution in [-0.2, 0) is 4.74 Å². The molecule has 2 aromatic carbocycles. The summed E-state index contributed by atoms with van der Waals surface area (Å²) in [7, 11) is 3.15. The van der Waals surface area contributed by atoms with Crippen LogP contribution in [0.2, 0.25) is 0 Å². The van der Waals surface area contributed by atoms with E-state index >= 15 is 0 Å². The molecular formula is C17H20O4. The molecule has 0 amide bonds. The molecule has 0 spiro atoms. The van der Waals surface area contributed by atoms with Crippen molar-refractivity contribution in [2.24, 2.45) is 0 Å². The Bertz CT molecular complexity index is 595. The standard InChI is InChI=1S/C17H20O4/c1-12-8-9-14(16(10-12)20-3)17(18)13-6-4-5-7-15(13)21-11-19-2/h4-10,17-18H,11H2,1-3H3. The van der Waals surface area contributed by atoms with Crippen molar-refractivity contribution in [2.45, 2.75) is 13.0 Å². The SMILES string of the molecule is COCOc1ccccc1C(O)c1ccc(C)cc1OC. The van der Waals surface area contributed by atoms with E-state index in [1.54, 1.807) is 20.3 Å². The quantitative estimate of drug-likeness (QED) is 0.830. The van der Waals surface area contributed by atoms with Crippen LogP contribution in [0.15, 0.2) is 42.5 Å². The van der Waals surface area contributed by atoms with Crippen molar-refractivity contribution in [3.63, 3.8) is 0 Å². The Kier molecular flexibility index (Phi) is 5.20. The van der Waals surface area contributed by atoms with E-state index in [0.29, 0.717) is 22.6 Å². The van der Waals surface area contributed by atoms with Gasteiger partial charge >= 0.3 is 0 Å². The number of hydrogen-bond acceptors (Lipinski definition) is 4. The average Bonchev–Trinajstić information content (AvgIpc) is 2.52. The minimum Gasteiger partial charge on any atom is -0.496 e. The summed E-state index contributed by atoms with van der Waals surface area (Å²) >= 11 is 0. The van der Waals surface area contributed by atoms with Crippen molar-refractivity contribution in [3.05, 3.63) is 59.2 Å². The second-order valence-corrected chi connectivity index (χ2v) is 4.74. The summed E-state index contributed by atoms with van der Waals surface area (Å²) in [4.78, 5) is 0. The van der Waals surface area contributed by atoms with E-state index in [1.807, 2.05) is 43.3 Å². The fourth-order valence-corrected chi connectivity index (χ4v) is 2.17. The molecule has 1 N–H and O–H groups in total. The molecular weight excluding hydrogens is 268 g/mol. The number of hydrogen-bond donors (Lipinski definition) is 1. The van der Waals surface area contributed by atoms with Crippen molar-refractivity contribution >= 4 is 0 Å². The molecule has 0 fully saturated rings. The van der Waals surface area contributed by atoms with Crippen LogP contribution < -0.4 is 9.47 Å². The molecule has 0 aliphatic carbocycles. The average molecular weight is 288 g/mol. The summed E-state index contributed by atoms with van der Waals surface area (Å²) in [6, 6.07) is 13.1. The van der Waals surface area contributed by atoms with Gasteiger partial charge in [-0.3, -0.25) is 0 Å². The molecule has 1 unspecified atom stereocenters. The van der Waals surface area contributed by atoms with Crippen molar-refractivity contribution in [1.82, 2.24) is 0 Å². The van der Waals surface area contributed by atoms with Crippen LogP contribution in [0.5, 0.6) is 11.5 Å². The summed E-state index contributed by atoms with van der Waals surface area (Å²) < 4.78 is 15.8. The van der Waals surface area contributed by atoms with Gasteiger partial charge in [0.05, 0.1) is 7.11 Å². The predicted octanol–water partition coefficient (Wildman–Crippen LogP) is 3.07. The molecule has 0 aliphatic rings. The molecule has 0 saturated heterocycles. The molecule has 2 aromatic rings. The van der Waals surface area contributed by atoms with Gasteiger partial charge in [0.25, 0.3) is 0 Å². The maximum Gasteiger partial charge on any atom is 0.188 e. The van der Waals surface area contributed by atoms with Crippen molar-refractivity contribution in [2.75, 3.05) is 21.0 Å². The van der Waals surface area contributed by atoms with Crippen LogP contribution in [0.3, 0.4) is 0 Å². The second-order valence-electron chi connectivity index (χ2n) is 4.74. The Morgan fingerprint density at radius 3 is 2.43 bits per heavy atom. The van der Waals surface area contributed by atoms with Gasteiger partial charge in [0.2, 0.25) is 0 Å². The third-order valence-corrected chi connectivity index (χ3v) is 3.23. The van der Waals surface area contributed by atoms with E-state index in [0.717, 1.165) is 5.56 Å². The van der Waals surface area contributed by atoms with Crippen LogP contribution in [0.4, 0.5) is 0 Å². The van der Waals surface area contributed by atoms with Crippen LogP contribution in [0.25, 0.3) is 0 Å². The Morgan fingerprint density at radius 1 is 1.00 bits per heavy atom. The van der Waals surface area contributed by atoms with Crippen molar-refractivity contribution in [1.29, 1.82) is 0 Å². The Balaban J connectivity index is 2.38. The molecule has 21 heavy (non-hydrogen) atoms. The van der Waals surface area contributed by atoms with Gasteiger partial charge in [0.15, 0.2) is 6.79 Å². The molecule has 0 aromatic heterocycles. The zero-order valence-corrected chi connectivity index (χ0v) is 12.5. The highest BCUT2D eigenvalue weighted by Crippen LogP contribution is 2.35. The van der Waals surface area contributed by atoms with E-state index in [2.05, 4.69) is 0 Å². The highest BCUT2D eigenvalue weighted by Gasteiger charge is 2.19. The zero-order chi connectivity index (χ0) is 15.2. The number of rotatable bonds is 6. The number of aryl methyl sites for hydroxylation is 1. The molecule has 0 bridgehead atoms. The lowest BCUT2D eigenvalue weighted by atomic mass is 9.98. The molecule has 0 radical (unpaired) electrons. The first kappa shape index (κ1) is 15.4. The molecule has 4 nitrogen and oxygen atoms in total. The van der Waals surface area contributed by atoms with Crippen LogP contribution >= 0.6 is 0 Å². The number of aliphatic hydroxyl groups is 1. The van der Waals surface area contributed by atoms with Gasteiger partial charge in [-0.1, -0.05) is 30.3 Å². The maximum atomic E-state index is 10.7. The number of aliphatic hydroxyl groups excluding tert-OH is 1. The Hall–Kier alpha value is -2.04. The van der Waals surface area contributed by atoms with E-state index in [1.165, 1.54) is 0 Å². The number of ether oxygens (including phenoxy) is 3. The molecule has 0 saturated carbocycles. The fourth-order valence-electron chi connectivity index (χ4n) is 2.17. The van der Waals surface area contributed by atoms with Gasteiger partial charge in [-0.05, 0) is 24.6 Å². The monoisotopic (exact) mass is 288 g/mol. The molecule has 2 rings (SSSR count). The lowest BCUT2D eigenvalue weighted by Gasteiger charge is -2.18. The number of methoxy groups -OCH3 is 2. The first-order valence-electron chi connectivity index (χ1n) is 6.70. The number of benzene rings is 2. The van der Waals surface area contributed by atoms with Gasteiger partial charge in [-0.2, -0.15) is 0 Å². The summed E-state index contributed by atoms with van der Waals surface area (Å²) in [5, 5.41) is 10.7. The molecule has 0 heterocycles. The summed E-state index contributed by atoms with van der Waals surface area (Å²) in [6.07, 6.45) is -0.825. The van der Waals surface area contributed by atoms with Crippen LogP contribution in [0.1, 0.15) is 22.8 Å². The lowest BCUT2D eigenvalue weighted by molar-refractivity contribution is 0.0487. The Morgan fingerprint density at radius 2 is 1.71 bits per heavy atom. The predicted molar refractivity (Wildman–Crippen MR) is 80.7 cm³/mol. The molecule has 112 valence electrons. The van der Waals surface area contributed by atoms with E-state index in [-0.39, 0.29) is 6.79 Å². The van der Waals surface area contributed by atoms with Gasteiger partial charge in [-0.25, -0.2) is 0 Å². The first-order chi connectivity index (χ1) is 10.2. The normalized spacial score (nSPS) is 12.0. The van der Waals surface area contributed by atoms with Gasteiger partial charge in [-0.15, -0.1) is 0 Å². The topological polar surface area (TPSA) is 47.9 Å². The zero-order valence-electron chi connectivity index (χ0n) is 12.5. The summed E-state index contributed by atoms with van der Waals surface area (Å²) in [6.45, 7) is 2.11. The third-order valence-electron chi connectivity index (χ3n) is 3.23. The van der Waals surface area contributed by atoms with Gasteiger partial charge < -0.3 is 19.3 Å². The molecule has 4 heteroatoms. The highest BCUT2D eigenvalue weighted by molar-refractivity contribution is 5.46. The minimum absolute atomic E-state index is 0.134. The largest absolute Gasteiger partial charge is 0.496 e. The highest BCUT2D eigenvalue weighted by atomic mass is 16.7. The molecule has 1 atom stereocenters. The van der Waals surface area contributed by atoms with Crippen molar-refractivity contribution in [3.8, 4) is 11.5 Å².